The molecule has 8 fully saturated rings. The number of hydrogen-bond acceptors (Lipinski definition) is 12. The zero-order valence-corrected chi connectivity index (χ0v) is 42.6. The summed E-state index contributed by atoms with van der Waals surface area (Å²) in [5.74, 6) is -2.26. The zero-order chi connectivity index (χ0) is 50.4. The van der Waals surface area contributed by atoms with Crippen LogP contribution in [-0.4, -0.2) is 112 Å². The molecule has 0 aromatic heterocycles. The van der Waals surface area contributed by atoms with Gasteiger partial charge in [0.05, 0.1) is 30.9 Å². The van der Waals surface area contributed by atoms with Gasteiger partial charge in [-0.1, -0.05) is 110 Å². The Kier molecular flexibility index (Phi) is 12.6. The third-order valence-electron chi connectivity index (χ3n) is 17.5. The number of aliphatic hydroxyl groups excluding tert-OH is 1. The molecular formula is C58H71N3O11. The van der Waals surface area contributed by atoms with Gasteiger partial charge in [-0.15, -0.1) is 0 Å². The number of benzene rings is 3. The average Bonchev–Trinajstić information content (AvgIpc) is 3.76. The first-order valence-electron chi connectivity index (χ1n) is 26.4. The number of allylic oxidation sites excluding steroid dienone is 1. The summed E-state index contributed by atoms with van der Waals surface area (Å²) < 4.78 is 32.6. The molecule has 0 radical (unpaired) electrons. The largest absolute Gasteiger partial charge is 0.460 e. The number of carbonyl (C=O) groups excluding carboxylic acids is 4. The summed E-state index contributed by atoms with van der Waals surface area (Å²) >= 11 is 0. The minimum Gasteiger partial charge on any atom is -0.460 e. The maximum Gasteiger partial charge on any atom is 0.327 e. The molecular weight excluding hydrogens is 915 g/mol. The summed E-state index contributed by atoms with van der Waals surface area (Å²) in [7, 11) is 0. The second kappa shape index (κ2) is 18.5. The Bertz CT molecular complexity index is 2560. The highest BCUT2D eigenvalue weighted by atomic mass is 16.8. The SMILES string of the molecule is CC(C)(C)OC(=O)CC[C@@H](CO)NC(=O)[C@H]1CCCN1C(=O)[C@@]12C[C@H]3OC(=O)[C@@H]1N(Cc1ccccc1C=C1CCC4O[C@]4(C)CC[C@@H]4[C@@H]1CC4(C)C)O[C@@H]2[C@H]1OC(c2ccccc2)(c2ccccc2)O[C@H]13. The molecule has 14 heteroatoms. The van der Waals surface area contributed by atoms with E-state index in [0.717, 1.165) is 54.4 Å². The van der Waals surface area contributed by atoms with E-state index >= 15 is 9.59 Å². The molecule has 8 aliphatic rings. The van der Waals surface area contributed by atoms with Gasteiger partial charge in [-0.3, -0.25) is 24.0 Å². The van der Waals surface area contributed by atoms with E-state index in [4.69, 9.17) is 28.5 Å². The van der Waals surface area contributed by atoms with Gasteiger partial charge in [-0.25, -0.2) is 0 Å². The molecule has 3 aromatic carbocycles. The van der Waals surface area contributed by atoms with Crippen molar-refractivity contribution in [1.82, 2.24) is 15.3 Å². The van der Waals surface area contributed by atoms with Crippen LogP contribution in [0.5, 0.6) is 0 Å². The van der Waals surface area contributed by atoms with E-state index in [1.54, 1.807) is 30.7 Å². The van der Waals surface area contributed by atoms with Gasteiger partial charge in [-0.05, 0) is 107 Å². The Morgan fingerprint density at radius 2 is 1.58 bits per heavy atom. The average molecular weight is 986 g/mol. The van der Waals surface area contributed by atoms with Gasteiger partial charge in [0.1, 0.15) is 41.5 Å². The maximum absolute atomic E-state index is 16.0. The van der Waals surface area contributed by atoms with Crippen LogP contribution in [0, 0.1) is 22.7 Å². The molecule has 3 aliphatic carbocycles. The number of ether oxygens (including phenoxy) is 5. The Hall–Kier alpha value is -4.96. The number of likely N-dealkylation sites (tertiary alicyclic amines) is 1. The fourth-order valence-electron chi connectivity index (χ4n) is 13.8. The van der Waals surface area contributed by atoms with Crippen LogP contribution in [0.3, 0.4) is 0 Å². The number of hydrogen-bond donors (Lipinski definition) is 2. The van der Waals surface area contributed by atoms with Crippen molar-refractivity contribution in [3.8, 4) is 0 Å². The summed E-state index contributed by atoms with van der Waals surface area (Å²) in [5, 5.41) is 15.0. The molecule has 1 unspecified atom stereocenters. The lowest BCUT2D eigenvalue weighted by Crippen LogP contribution is -2.70. The van der Waals surface area contributed by atoms with Crippen molar-refractivity contribution in [2.24, 2.45) is 22.7 Å². The van der Waals surface area contributed by atoms with Crippen LogP contribution in [0.1, 0.15) is 128 Å². The number of hydroxylamine groups is 2. The van der Waals surface area contributed by atoms with Crippen LogP contribution in [0.4, 0.5) is 0 Å². The first-order valence-corrected chi connectivity index (χ1v) is 26.4. The third kappa shape index (κ3) is 8.61. The number of amides is 2. The highest BCUT2D eigenvalue weighted by Gasteiger charge is 2.77. The number of nitrogens with zero attached hydrogens (tertiary/aromatic N) is 2. The van der Waals surface area contributed by atoms with Crippen molar-refractivity contribution in [2.75, 3.05) is 13.2 Å². The number of rotatable bonds is 12. The Morgan fingerprint density at radius 3 is 2.28 bits per heavy atom. The Morgan fingerprint density at radius 1 is 0.889 bits per heavy atom. The molecule has 3 aromatic rings. The minimum atomic E-state index is -1.54. The van der Waals surface area contributed by atoms with E-state index in [1.165, 1.54) is 5.57 Å². The first-order chi connectivity index (χ1) is 34.4. The van der Waals surface area contributed by atoms with Gasteiger partial charge in [0.2, 0.25) is 17.6 Å². The number of carbonyl (C=O) groups is 4. The van der Waals surface area contributed by atoms with Gasteiger partial charge in [0.15, 0.2) is 6.04 Å². The summed E-state index contributed by atoms with van der Waals surface area (Å²) in [4.78, 5) is 66.8. The number of epoxide rings is 1. The van der Waals surface area contributed by atoms with Gasteiger partial charge >= 0.3 is 11.9 Å². The lowest BCUT2D eigenvalue weighted by atomic mass is 9.52. The molecule has 0 spiro atoms. The number of nitrogens with one attached hydrogen (secondary N) is 1. The molecule has 5 aliphatic heterocycles. The molecule has 12 atom stereocenters. The standard InChI is InChI=1S/C58H71N3O11/c1-54(2,3)69-46(63)26-24-40(34-62)59-51(64)43-22-15-29-60(43)53(66)57-32-44-47-48(71-58(70-47,38-18-9-7-10-19-38)39-20-11-8-12-21-39)50(57)72-61(49(57)52(65)67-44)33-37-17-14-13-16-35(37)30-36-23-25-45-56(6,68-45)28-27-42-41(36)31-55(42,4)5/h7-14,16-21,30,40-45,47-50,62H,15,22-29,31-34H2,1-6H3,(H,59,64)/t40-,41+,42+,43+,44+,45?,47-,48-,49-,50+,56+,57-/m0/s1. The highest BCUT2D eigenvalue weighted by molar-refractivity contribution is 5.96. The van der Waals surface area contributed by atoms with Gasteiger partial charge in [0.25, 0.3) is 0 Å². The van der Waals surface area contributed by atoms with E-state index in [9.17, 15) is 14.7 Å². The third-order valence-corrected chi connectivity index (χ3v) is 17.5. The molecule has 5 saturated heterocycles. The molecule has 5 heterocycles. The second-order valence-corrected chi connectivity index (χ2v) is 23.7. The quantitative estimate of drug-likeness (QED) is 0.136. The predicted molar refractivity (Wildman–Crippen MR) is 265 cm³/mol. The summed E-state index contributed by atoms with van der Waals surface area (Å²) in [6.45, 7) is 12.4. The van der Waals surface area contributed by atoms with Crippen LogP contribution in [0.25, 0.3) is 6.08 Å². The normalized spacial score (nSPS) is 35.0. The van der Waals surface area contributed by atoms with Crippen molar-refractivity contribution in [3.63, 3.8) is 0 Å². The van der Waals surface area contributed by atoms with Crippen LogP contribution < -0.4 is 5.32 Å². The van der Waals surface area contributed by atoms with Gasteiger partial charge in [0, 0.05) is 30.5 Å². The molecule has 11 rings (SSSR count). The molecule has 72 heavy (non-hydrogen) atoms. The first kappa shape index (κ1) is 49.3. The lowest BCUT2D eigenvalue weighted by Gasteiger charge is -2.53. The maximum atomic E-state index is 16.0. The summed E-state index contributed by atoms with van der Waals surface area (Å²) in [6, 6.07) is 24.7. The zero-order valence-electron chi connectivity index (χ0n) is 42.6. The van der Waals surface area contributed by atoms with Gasteiger partial charge in [-0.2, -0.15) is 5.06 Å². The lowest BCUT2D eigenvalue weighted by molar-refractivity contribution is -0.214. The van der Waals surface area contributed by atoms with Crippen molar-refractivity contribution >= 4 is 29.8 Å². The summed E-state index contributed by atoms with van der Waals surface area (Å²) in [6.07, 6.45) is 5.43. The predicted octanol–water partition coefficient (Wildman–Crippen LogP) is 7.54. The smallest absolute Gasteiger partial charge is 0.327 e. The summed E-state index contributed by atoms with van der Waals surface area (Å²) in [5.41, 5.74) is 2.86. The van der Waals surface area contributed by atoms with Crippen LogP contribution in [0.15, 0.2) is 90.5 Å². The topological polar surface area (TPSA) is 166 Å². The molecule has 3 saturated carbocycles. The minimum absolute atomic E-state index is 0.00820. The van der Waals surface area contributed by atoms with E-state index in [0.29, 0.717) is 24.7 Å². The molecule has 2 bridgehead atoms. The number of esters is 2. The number of aliphatic hydroxyl groups is 1. The van der Waals surface area contributed by atoms with E-state index in [2.05, 4.69) is 44.3 Å². The van der Waals surface area contributed by atoms with Crippen molar-refractivity contribution < 1.29 is 52.8 Å². The molecule has 2 N–H and O–H groups in total. The van der Waals surface area contributed by atoms with E-state index in [-0.39, 0.29) is 55.4 Å². The fourth-order valence-corrected chi connectivity index (χ4v) is 13.8. The molecule has 14 nitrogen and oxygen atoms in total. The van der Waals surface area contributed by atoms with Gasteiger partial charge < -0.3 is 39.0 Å². The van der Waals surface area contributed by atoms with Crippen LogP contribution >= 0.6 is 0 Å². The van der Waals surface area contributed by atoms with E-state index in [1.807, 2.05) is 72.8 Å². The second-order valence-electron chi connectivity index (χ2n) is 23.7. The fraction of sp³-hybridized carbons (Fsp3) is 0.586. The Labute approximate surface area is 423 Å². The molecule has 2 amide bonds. The monoisotopic (exact) mass is 986 g/mol. The van der Waals surface area contributed by atoms with Crippen molar-refractivity contribution in [2.45, 2.75) is 178 Å². The van der Waals surface area contributed by atoms with E-state index < -0.39 is 83.8 Å². The number of fused-ring (bicyclic) bond motifs is 6. The Balaban J connectivity index is 0.941. The van der Waals surface area contributed by atoms with Crippen LogP contribution in [0.2, 0.25) is 0 Å². The highest BCUT2D eigenvalue weighted by Crippen LogP contribution is 2.62. The molecule has 384 valence electrons. The van der Waals surface area contributed by atoms with Crippen molar-refractivity contribution in [3.05, 3.63) is 113 Å². The van der Waals surface area contributed by atoms with Crippen LogP contribution in [-0.2, 0) is 60.0 Å². The van der Waals surface area contributed by atoms with Crippen molar-refractivity contribution in [1.29, 1.82) is 0 Å².